The van der Waals surface area contributed by atoms with E-state index < -0.39 is 0 Å². The molecule has 0 spiro atoms. The van der Waals surface area contributed by atoms with Crippen molar-refractivity contribution in [2.24, 2.45) is 46.3 Å². The van der Waals surface area contributed by atoms with Gasteiger partial charge in [-0.1, -0.05) is 64.3 Å². The van der Waals surface area contributed by atoms with Crippen molar-refractivity contribution < 1.29 is 5.11 Å². The van der Waals surface area contributed by atoms with Crippen molar-refractivity contribution in [2.45, 2.75) is 112 Å². The number of aliphatic hydroxyl groups is 1. The first-order valence-corrected chi connectivity index (χ1v) is 13.2. The quantitative estimate of drug-likeness (QED) is 0.454. The molecule has 0 heterocycles. The average Bonchev–Trinajstić information content (AvgIpc) is 3.06. The normalized spacial score (nSPS) is 44.9. The molecule has 0 aromatic carbocycles. The lowest BCUT2D eigenvalue weighted by atomic mass is 9.47. The molecule has 0 aliphatic heterocycles. The number of hydrogen-bond acceptors (Lipinski definition) is 1. The van der Waals surface area contributed by atoms with Crippen LogP contribution >= 0.6 is 0 Å². The molecule has 0 radical (unpaired) electrons. The predicted octanol–water partition coefficient (Wildman–Crippen LogP) is 7.94. The largest absolute Gasteiger partial charge is 0.393 e. The molecule has 0 unspecified atom stereocenters. The summed E-state index contributed by atoms with van der Waals surface area (Å²) >= 11 is 0. The lowest BCUT2D eigenvalue weighted by Gasteiger charge is -2.58. The molecule has 0 bridgehead atoms. The van der Waals surface area contributed by atoms with Gasteiger partial charge in [0.25, 0.3) is 0 Å². The molecule has 1 nitrogen and oxygen atoms in total. The molecule has 3 saturated carbocycles. The van der Waals surface area contributed by atoms with E-state index in [4.69, 9.17) is 0 Å². The monoisotopic (exact) mass is 412 g/mol. The average molecular weight is 413 g/mol. The predicted molar refractivity (Wildman–Crippen MR) is 128 cm³/mol. The zero-order valence-corrected chi connectivity index (χ0v) is 20.7. The van der Waals surface area contributed by atoms with Crippen molar-refractivity contribution in [1.82, 2.24) is 0 Å². The van der Waals surface area contributed by atoms with E-state index >= 15 is 0 Å². The summed E-state index contributed by atoms with van der Waals surface area (Å²) in [7, 11) is 0. The molecule has 170 valence electrons. The Balaban J connectivity index is 1.53. The molecule has 0 aromatic heterocycles. The van der Waals surface area contributed by atoms with E-state index in [1.54, 1.807) is 11.1 Å². The molecule has 0 amide bonds. The van der Waals surface area contributed by atoms with Gasteiger partial charge in [0.2, 0.25) is 0 Å². The molecule has 1 N–H and O–H groups in total. The molecule has 8 atom stereocenters. The summed E-state index contributed by atoms with van der Waals surface area (Å²) in [5, 5.41) is 10.2. The van der Waals surface area contributed by atoms with Gasteiger partial charge in [-0.25, -0.2) is 0 Å². The summed E-state index contributed by atoms with van der Waals surface area (Å²) < 4.78 is 0. The van der Waals surface area contributed by atoms with Crippen molar-refractivity contribution in [3.8, 4) is 0 Å². The topological polar surface area (TPSA) is 20.2 Å². The molecule has 4 aliphatic rings. The first-order valence-electron chi connectivity index (χ1n) is 13.2. The third kappa shape index (κ3) is 3.66. The summed E-state index contributed by atoms with van der Waals surface area (Å²) in [4.78, 5) is 0. The van der Waals surface area contributed by atoms with Gasteiger partial charge in [-0.05, 0) is 111 Å². The minimum Gasteiger partial charge on any atom is -0.393 e. The Kier molecular flexibility index (Phi) is 6.35. The van der Waals surface area contributed by atoms with Crippen molar-refractivity contribution in [2.75, 3.05) is 0 Å². The highest BCUT2D eigenvalue weighted by atomic mass is 16.3. The second-order valence-corrected chi connectivity index (χ2v) is 12.4. The van der Waals surface area contributed by atoms with Gasteiger partial charge >= 0.3 is 0 Å². The van der Waals surface area contributed by atoms with Crippen molar-refractivity contribution in [1.29, 1.82) is 0 Å². The summed E-state index contributed by atoms with van der Waals surface area (Å²) in [5.74, 6) is 5.07. The van der Waals surface area contributed by atoms with E-state index in [0.717, 1.165) is 48.3 Å². The van der Waals surface area contributed by atoms with Gasteiger partial charge in [-0.3, -0.25) is 0 Å². The first-order chi connectivity index (χ1) is 14.2. The van der Waals surface area contributed by atoms with E-state index in [-0.39, 0.29) is 6.10 Å². The minimum atomic E-state index is -0.0869. The van der Waals surface area contributed by atoms with Crippen molar-refractivity contribution >= 4 is 0 Å². The third-order valence-electron chi connectivity index (χ3n) is 10.8. The van der Waals surface area contributed by atoms with Gasteiger partial charge in [-0.2, -0.15) is 0 Å². The van der Waals surface area contributed by atoms with Crippen LogP contribution in [0.3, 0.4) is 0 Å². The SMILES string of the molecule is CC[C@H](CC=C(C)[C@H]1CC[C@@H]2[C@H]3CC=C4C[C@@H](O)CC[C@]4(C)[C@H]3CC[C@]12C)C(C)C. The maximum atomic E-state index is 10.2. The Morgan fingerprint density at radius 3 is 2.60 bits per heavy atom. The zero-order chi connectivity index (χ0) is 21.7. The van der Waals surface area contributed by atoms with Crippen LogP contribution in [-0.4, -0.2) is 11.2 Å². The molecule has 30 heavy (non-hydrogen) atoms. The van der Waals surface area contributed by atoms with Gasteiger partial charge in [0, 0.05) is 0 Å². The third-order valence-corrected chi connectivity index (χ3v) is 10.8. The van der Waals surface area contributed by atoms with E-state index in [9.17, 15) is 5.11 Å². The molecular weight excluding hydrogens is 364 g/mol. The van der Waals surface area contributed by atoms with E-state index in [0.29, 0.717) is 10.8 Å². The maximum Gasteiger partial charge on any atom is 0.0577 e. The van der Waals surface area contributed by atoms with E-state index in [2.05, 4.69) is 53.7 Å². The summed E-state index contributed by atoms with van der Waals surface area (Å²) in [6.07, 6.45) is 17.8. The lowest BCUT2D eigenvalue weighted by molar-refractivity contribution is -0.0454. The van der Waals surface area contributed by atoms with Gasteiger partial charge in [0.1, 0.15) is 0 Å². The molecule has 4 rings (SSSR count). The Morgan fingerprint density at radius 1 is 1.13 bits per heavy atom. The number of aliphatic hydroxyl groups excluding tert-OH is 1. The molecule has 0 saturated heterocycles. The summed E-state index contributed by atoms with van der Waals surface area (Å²) in [5.41, 5.74) is 4.20. The van der Waals surface area contributed by atoms with Gasteiger partial charge < -0.3 is 5.11 Å². The van der Waals surface area contributed by atoms with Crippen LogP contribution in [0.1, 0.15) is 106 Å². The van der Waals surface area contributed by atoms with Crippen LogP contribution in [0, 0.1) is 46.3 Å². The molecule has 3 fully saturated rings. The zero-order valence-electron chi connectivity index (χ0n) is 20.7. The first kappa shape index (κ1) is 22.6. The van der Waals surface area contributed by atoms with Gasteiger partial charge in [0.15, 0.2) is 0 Å². The van der Waals surface area contributed by atoms with Crippen LogP contribution in [0.5, 0.6) is 0 Å². The Morgan fingerprint density at radius 2 is 1.90 bits per heavy atom. The molecule has 0 aromatic rings. The van der Waals surface area contributed by atoms with Crippen LogP contribution in [-0.2, 0) is 0 Å². The van der Waals surface area contributed by atoms with Crippen LogP contribution in [0.15, 0.2) is 23.3 Å². The highest BCUT2D eigenvalue weighted by molar-refractivity contribution is 5.26. The fraction of sp³-hybridized carbons (Fsp3) is 0.862. The molecular formula is C29H48O. The van der Waals surface area contributed by atoms with Gasteiger partial charge in [-0.15, -0.1) is 0 Å². The lowest BCUT2D eigenvalue weighted by Crippen LogP contribution is -2.50. The van der Waals surface area contributed by atoms with Crippen molar-refractivity contribution in [3.63, 3.8) is 0 Å². The van der Waals surface area contributed by atoms with E-state index in [1.807, 2.05) is 0 Å². The summed E-state index contributed by atoms with van der Waals surface area (Å²) in [6.45, 7) is 14.8. The smallest absolute Gasteiger partial charge is 0.0577 e. The summed E-state index contributed by atoms with van der Waals surface area (Å²) in [6, 6.07) is 0. The van der Waals surface area contributed by atoms with Crippen molar-refractivity contribution in [3.05, 3.63) is 23.3 Å². The van der Waals surface area contributed by atoms with Gasteiger partial charge in [0.05, 0.1) is 6.10 Å². The van der Waals surface area contributed by atoms with Crippen LogP contribution in [0.2, 0.25) is 0 Å². The number of fused-ring (bicyclic) bond motifs is 5. The minimum absolute atomic E-state index is 0.0869. The van der Waals surface area contributed by atoms with Crippen LogP contribution in [0.4, 0.5) is 0 Å². The second kappa shape index (κ2) is 8.42. The molecule has 4 aliphatic carbocycles. The second-order valence-electron chi connectivity index (χ2n) is 12.4. The molecule has 1 heteroatoms. The standard InChI is InChI=1S/C29H48O/c1-7-21(19(2)3)9-8-20(4)25-12-13-26-24-11-10-22-18-23(30)14-16-28(22,5)27(24)15-17-29(25,26)6/h8,10,19,21,23-27,30H,7,9,11-18H2,1-6H3/t21-,23+,24-,25-,26-,27+,28+,29-/m1/s1. The Hall–Kier alpha value is -0.560. The highest BCUT2D eigenvalue weighted by Gasteiger charge is 2.58. The maximum absolute atomic E-state index is 10.2. The number of hydrogen-bond donors (Lipinski definition) is 1. The number of allylic oxidation sites excluding steroid dienone is 3. The fourth-order valence-electron chi connectivity index (χ4n) is 8.78. The fourth-order valence-corrected chi connectivity index (χ4v) is 8.78. The Labute approximate surface area is 186 Å². The van der Waals surface area contributed by atoms with E-state index in [1.165, 1.54) is 51.4 Å². The van der Waals surface area contributed by atoms with Crippen LogP contribution < -0.4 is 0 Å². The Bertz CT molecular complexity index is 686. The number of rotatable bonds is 5. The van der Waals surface area contributed by atoms with Crippen LogP contribution in [0.25, 0.3) is 0 Å². The highest BCUT2D eigenvalue weighted by Crippen LogP contribution is 2.67.